The molecular weight excluding hydrogens is 256 g/mol. The fourth-order valence-corrected chi connectivity index (χ4v) is 1.27. The number of halogens is 1. The standard InChI is InChI=1S/C8H10N2O2S2.ClH/c9-5-8(13,14)6-1-3-7(4-2-6)10(11)12;/h1-4,13-14H,5,9H2;1H. The van der Waals surface area contributed by atoms with E-state index in [1.54, 1.807) is 12.1 Å². The average Bonchev–Trinajstić information content (AvgIpc) is 2.18. The maximum Gasteiger partial charge on any atom is 0.269 e. The molecule has 0 fully saturated rings. The van der Waals surface area contributed by atoms with Crippen LogP contribution in [0.5, 0.6) is 0 Å². The number of hydrogen-bond donors (Lipinski definition) is 3. The molecule has 0 atom stereocenters. The number of non-ortho nitro benzene ring substituents is 1. The molecule has 0 aliphatic rings. The predicted octanol–water partition coefficient (Wildman–Crippen LogP) is 1.99. The Balaban J connectivity index is 0.00000196. The molecule has 0 bridgehead atoms. The molecule has 0 spiro atoms. The number of nitro groups is 1. The molecule has 4 nitrogen and oxygen atoms in total. The molecule has 0 radical (unpaired) electrons. The summed E-state index contributed by atoms with van der Waals surface area (Å²) in [6, 6.07) is 6.02. The van der Waals surface area contributed by atoms with Crippen molar-refractivity contribution in [1.29, 1.82) is 0 Å². The molecule has 0 heterocycles. The molecule has 0 saturated heterocycles. The number of nitro benzene ring substituents is 1. The Hall–Kier alpha value is -0.430. The van der Waals surface area contributed by atoms with Gasteiger partial charge in [0.1, 0.15) is 0 Å². The van der Waals surface area contributed by atoms with Gasteiger partial charge in [-0.1, -0.05) is 0 Å². The number of nitrogens with two attached hydrogens (primary N) is 1. The Morgan fingerprint density at radius 3 is 2.13 bits per heavy atom. The van der Waals surface area contributed by atoms with Gasteiger partial charge in [0.05, 0.1) is 9.00 Å². The first kappa shape index (κ1) is 14.6. The van der Waals surface area contributed by atoms with E-state index < -0.39 is 9.00 Å². The topological polar surface area (TPSA) is 69.2 Å². The number of nitrogens with zero attached hydrogens (tertiary/aromatic N) is 1. The Kier molecular flexibility index (Phi) is 5.44. The van der Waals surface area contributed by atoms with Gasteiger partial charge in [0.15, 0.2) is 0 Å². The summed E-state index contributed by atoms with van der Waals surface area (Å²) in [4.78, 5) is 9.92. The molecule has 0 amide bonds. The molecule has 15 heavy (non-hydrogen) atoms. The third-order valence-corrected chi connectivity index (χ3v) is 2.71. The molecule has 0 saturated carbocycles. The zero-order chi connectivity index (χ0) is 10.8. The smallest absolute Gasteiger partial charge is 0.269 e. The Morgan fingerprint density at radius 1 is 1.33 bits per heavy atom. The van der Waals surface area contributed by atoms with Crippen molar-refractivity contribution in [3.63, 3.8) is 0 Å². The summed E-state index contributed by atoms with van der Waals surface area (Å²) >= 11 is 8.46. The van der Waals surface area contributed by atoms with Crippen LogP contribution in [0.3, 0.4) is 0 Å². The average molecular weight is 267 g/mol. The second kappa shape index (κ2) is 5.60. The van der Waals surface area contributed by atoms with E-state index in [4.69, 9.17) is 5.73 Å². The van der Waals surface area contributed by atoms with E-state index in [1.165, 1.54) is 12.1 Å². The van der Waals surface area contributed by atoms with Crippen molar-refractivity contribution in [2.24, 2.45) is 5.73 Å². The van der Waals surface area contributed by atoms with Crippen molar-refractivity contribution in [3.05, 3.63) is 39.9 Å². The summed E-state index contributed by atoms with van der Waals surface area (Å²) in [6.45, 7) is 0.247. The lowest BCUT2D eigenvalue weighted by atomic mass is 10.1. The molecule has 84 valence electrons. The van der Waals surface area contributed by atoms with Gasteiger partial charge in [-0.2, -0.15) is 25.3 Å². The van der Waals surface area contributed by atoms with Crippen LogP contribution in [-0.2, 0) is 4.08 Å². The van der Waals surface area contributed by atoms with E-state index in [0.29, 0.717) is 0 Å². The lowest BCUT2D eigenvalue weighted by molar-refractivity contribution is -0.384. The zero-order valence-corrected chi connectivity index (χ0v) is 10.3. The van der Waals surface area contributed by atoms with E-state index in [2.05, 4.69) is 25.3 Å². The SMILES string of the molecule is Cl.NCC(S)(S)c1ccc([N+](=O)[O-])cc1. The van der Waals surface area contributed by atoms with Gasteiger partial charge in [0.2, 0.25) is 0 Å². The first-order valence-corrected chi connectivity index (χ1v) is 4.76. The van der Waals surface area contributed by atoms with Crippen LogP contribution in [0.15, 0.2) is 24.3 Å². The summed E-state index contributed by atoms with van der Waals surface area (Å²) in [5, 5.41) is 10.4. The summed E-state index contributed by atoms with van der Waals surface area (Å²) in [7, 11) is 0. The van der Waals surface area contributed by atoms with Crippen LogP contribution in [0.4, 0.5) is 5.69 Å². The summed E-state index contributed by atoms with van der Waals surface area (Å²) < 4.78 is -0.741. The normalized spacial score (nSPS) is 10.6. The molecule has 0 unspecified atom stereocenters. The molecule has 1 aromatic carbocycles. The van der Waals surface area contributed by atoms with Crippen LogP contribution >= 0.6 is 37.7 Å². The highest BCUT2D eigenvalue weighted by Gasteiger charge is 2.21. The highest BCUT2D eigenvalue weighted by molar-refractivity contribution is 7.99. The molecule has 1 aromatic rings. The second-order valence-electron chi connectivity index (χ2n) is 2.82. The van der Waals surface area contributed by atoms with Crippen molar-refractivity contribution < 1.29 is 4.92 Å². The molecule has 1 rings (SSSR count). The highest BCUT2D eigenvalue weighted by Crippen LogP contribution is 2.32. The number of thiol groups is 2. The quantitative estimate of drug-likeness (QED) is 0.339. The third-order valence-electron chi connectivity index (χ3n) is 1.83. The van der Waals surface area contributed by atoms with Crippen LogP contribution in [-0.4, -0.2) is 11.5 Å². The van der Waals surface area contributed by atoms with E-state index in [9.17, 15) is 10.1 Å². The van der Waals surface area contributed by atoms with Crippen molar-refractivity contribution in [2.45, 2.75) is 4.08 Å². The van der Waals surface area contributed by atoms with Crippen LogP contribution in [0.1, 0.15) is 5.56 Å². The number of rotatable bonds is 3. The minimum atomic E-state index is -0.741. The second-order valence-corrected chi connectivity index (χ2v) is 4.70. The van der Waals surface area contributed by atoms with Crippen LogP contribution in [0.25, 0.3) is 0 Å². The van der Waals surface area contributed by atoms with E-state index in [1.807, 2.05) is 0 Å². The first-order valence-electron chi connectivity index (χ1n) is 3.87. The van der Waals surface area contributed by atoms with E-state index in [0.717, 1.165) is 5.56 Å². The van der Waals surface area contributed by atoms with E-state index >= 15 is 0 Å². The minimum Gasteiger partial charge on any atom is -0.328 e. The zero-order valence-electron chi connectivity index (χ0n) is 7.66. The molecule has 0 aliphatic carbocycles. The molecular formula is C8H11ClN2O2S2. The van der Waals surface area contributed by atoms with Gasteiger partial charge >= 0.3 is 0 Å². The predicted molar refractivity (Wildman–Crippen MR) is 69.0 cm³/mol. The van der Waals surface area contributed by atoms with Gasteiger partial charge in [-0.05, 0) is 17.7 Å². The van der Waals surface area contributed by atoms with E-state index in [-0.39, 0.29) is 24.6 Å². The van der Waals surface area contributed by atoms with Gasteiger partial charge in [-0.25, -0.2) is 0 Å². The van der Waals surface area contributed by atoms with Gasteiger partial charge in [0.25, 0.3) is 5.69 Å². The molecule has 0 aliphatic heterocycles. The van der Waals surface area contributed by atoms with Crippen LogP contribution in [0, 0.1) is 10.1 Å². The van der Waals surface area contributed by atoms with Crippen LogP contribution in [0.2, 0.25) is 0 Å². The number of benzene rings is 1. The highest BCUT2D eigenvalue weighted by atomic mass is 35.5. The Morgan fingerprint density at radius 2 is 1.80 bits per heavy atom. The van der Waals surface area contributed by atoms with Crippen LogP contribution < -0.4 is 5.73 Å². The van der Waals surface area contributed by atoms with Crippen molar-refractivity contribution in [3.8, 4) is 0 Å². The summed E-state index contributed by atoms with van der Waals surface area (Å²) in [5.74, 6) is 0. The fourth-order valence-electron chi connectivity index (χ4n) is 0.968. The van der Waals surface area contributed by atoms with Crippen molar-refractivity contribution in [1.82, 2.24) is 0 Å². The Bertz CT molecular complexity index is 343. The maximum atomic E-state index is 10.4. The number of hydrogen-bond acceptors (Lipinski definition) is 5. The summed E-state index contributed by atoms with van der Waals surface area (Å²) in [6.07, 6.45) is 0. The van der Waals surface area contributed by atoms with Gasteiger partial charge in [0, 0.05) is 18.7 Å². The molecule has 0 aromatic heterocycles. The first-order chi connectivity index (χ1) is 6.47. The van der Waals surface area contributed by atoms with Crippen molar-refractivity contribution in [2.75, 3.05) is 6.54 Å². The van der Waals surface area contributed by atoms with Gasteiger partial charge in [-0.15, -0.1) is 12.4 Å². The lowest BCUT2D eigenvalue weighted by Crippen LogP contribution is -2.22. The fraction of sp³-hybridized carbons (Fsp3) is 0.250. The van der Waals surface area contributed by atoms with Gasteiger partial charge in [-0.3, -0.25) is 10.1 Å². The Labute approximate surface area is 105 Å². The largest absolute Gasteiger partial charge is 0.328 e. The van der Waals surface area contributed by atoms with Crippen molar-refractivity contribution >= 4 is 43.4 Å². The molecule has 7 heteroatoms. The minimum absolute atomic E-state index is 0. The molecule has 2 N–H and O–H groups in total. The lowest BCUT2D eigenvalue weighted by Gasteiger charge is -2.20. The summed E-state index contributed by atoms with van der Waals surface area (Å²) in [5.41, 5.74) is 6.24. The third kappa shape index (κ3) is 3.57. The monoisotopic (exact) mass is 266 g/mol. The maximum absolute atomic E-state index is 10.4. The van der Waals surface area contributed by atoms with Gasteiger partial charge < -0.3 is 5.73 Å².